The van der Waals surface area contributed by atoms with Crippen molar-refractivity contribution in [3.63, 3.8) is 0 Å². The number of carbonyl (C=O) groups excluding carboxylic acids is 1. The van der Waals surface area contributed by atoms with Gasteiger partial charge in [0.25, 0.3) is 5.91 Å². The molecule has 0 atom stereocenters. The topological polar surface area (TPSA) is 29.5 Å². The molecule has 1 aliphatic heterocycles. The Morgan fingerprint density at radius 1 is 1.38 bits per heavy atom. The van der Waals surface area contributed by atoms with Gasteiger partial charge in [-0.15, -0.1) is 11.8 Å². The van der Waals surface area contributed by atoms with Gasteiger partial charge in [0.2, 0.25) is 0 Å². The number of benzene rings is 2. The Balaban J connectivity index is 1.97. The van der Waals surface area contributed by atoms with E-state index in [0.717, 1.165) is 14.2 Å². The summed E-state index contributed by atoms with van der Waals surface area (Å²) in [6, 6.07) is 11.4. The van der Waals surface area contributed by atoms with Gasteiger partial charge in [-0.2, -0.15) is 0 Å². The number of amides is 1. The maximum Gasteiger partial charge on any atom is 0.259 e. The van der Waals surface area contributed by atoms with E-state index in [1.54, 1.807) is 35.9 Å². The second-order valence-electron chi connectivity index (χ2n) is 4.45. The van der Waals surface area contributed by atoms with Crippen molar-refractivity contribution in [2.75, 3.05) is 17.9 Å². The zero-order valence-electron chi connectivity index (χ0n) is 11.1. The van der Waals surface area contributed by atoms with E-state index < -0.39 is 0 Å². The first-order chi connectivity index (χ1) is 10.1. The van der Waals surface area contributed by atoms with Gasteiger partial charge in [0.1, 0.15) is 0 Å². The van der Waals surface area contributed by atoms with Crippen LogP contribution in [-0.2, 0) is 0 Å². The molecule has 21 heavy (non-hydrogen) atoms. The van der Waals surface area contributed by atoms with Crippen LogP contribution in [0.1, 0.15) is 10.4 Å². The number of thioether (sulfide) groups is 1. The quantitative estimate of drug-likeness (QED) is 0.648. The van der Waals surface area contributed by atoms with Crippen LogP contribution in [0, 0.1) is 3.57 Å². The summed E-state index contributed by atoms with van der Waals surface area (Å²) < 4.78 is 6.05. The third kappa shape index (κ3) is 2.74. The number of ether oxygens (including phenoxy) is 1. The van der Waals surface area contributed by atoms with E-state index >= 15 is 0 Å². The van der Waals surface area contributed by atoms with Crippen LogP contribution in [0.3, 0.4) is 0 Å². The molecule has 0 saturated heterocycles. The highest BCUT2D eigenvalue weighted by atomic mass is 127. The summed E-state index contributed by atoms with van der Waals surface area (Å²) >= 11 is 9.96. The average Bonchev–Trinajstić information content (AvgIpc) is 2.90. The van der Waals surface area contributed by atoms with Crippen molar-refractivity contribution >= 4 is 57.5 Å². The van der Waals surface area contributed by atoms with Crippen LogP contribution in [-0.4, -0.2) is 18.9 Å². The molecule has 0 saturated carbocycles. The number of methoxy groups -OCH3 is 1. The minimum Gasteiger partial charge on any atom is -0.494 e. The van der Waals surface area contributed by atoms with Crippen LogP contribution in [0.5, 0.6) is 5.75 Å². The predicted octanol–water partition coefficient (Wildman–Crippen LogP) is 4.66. The summed E-state index contributed by atoms with van der Waals surface area (Å²) in [4.78, 5) is 15.6. The Kier molecular flexibility index (Phi) is 4.33. The number of rotatable bonds is 2. The fraction of sp³-hybridized carbons (Fsp3) is 0.133. The summed E-state index contributed by atoms with van der Waals surface area (Å²) in [7, 11) is 1.57. The normalized spacial score (nSPS) is 13.2. The van der Waals surface area contributed by atoms with Crippen LogP contribution in [0.15, 0.2) is 41.3 Å². The summed E-state index contributed by atoms with van der Waals surface area (Å²) in [5, 5.41) is 0.452. The minimum atomic E-state index is -0.0464. The number of nitrogens with zero attached hydrogens (tertiary/aromatic N) is 1. The largest absolute Gasteiger partial charge is 0.494 e. The van der Waals surface area contributed by atoms with E-state index in [9.17, 15) is 4.79 Å². The van der Waals surface area contributed by atoms with E-state index in [4.69, 9.17) is 16.3 Å². The number of carbonyl (C=O) groups is 1. The molecule has 0 radical (unpaired) electrons. The van der Waals surface area contributed by atoms with Crippen molar-refractivity contribution < 1.29 is 9.53 Å². The van der Waals surface area contributed by atoms with Gasteiger partial charge in [-0.05, 0) is 46.9 Å². The molecule has 0 aliphatic carbocycles. The lowest BCUT2D eigenvalue weighted by Gasteiger charge is -2.17. The van der Waals surface area contributed by atoms with Crippen molar-refractivity contribution in [3.05, 3.63) is 50.6 Å². The van der Waals surface area contributed by atoms with Crippen molar-refractivity contribution in [3.8, 4) is 5.75 Å². The van der Waals surface area contributed by atoms with Crippen LogP contribution >= 0.6 is 46.0 Å². The van der Waals surface area contributed by atoms with Gasteiger partial charge in [-0.3, -0.25) is 9.69 Å². The molecular weight excluding hydrogens is 421 g/mol. The number of anilines is 1. The smallest absolute Gasteiger partial charge is 0.259 e. The van der Waals surface area contributed by atoms with Crippen LogP contribution in [0.4, 0.5) is 5.69 Å². The fourth-order valence-electron chi connectivity index (χ4n) is 2.21. The molecule has 1 aliphatic rings. The third-order valence-electron chi connectivity index (χ3n) is 3.20. The SMILES string of the molecule is COc1c(Cl)cc(C(=O)N2CSc3ccccc32)cc1I. The lowest BCUT2D eigenvalue weighted by Crippen LogP contribution is -2.27. The molecular formula is C15H11ClINO2S. The predicted molar refractivity (Wildman–Crippen MR) is 94.7 cm³/mol. The second kappa shape index (κ2) is 6.06. The number of para-hydroxylation sites is 1. The number of hydrogen-bond acceptors (Lipinski definition) is 3. The highest BCUT2D eigenvalue weighted by molar-refractivity contribution is 14.1. The first kappa shape index (κ1) is 15.0. The fourth-order valence-corrected chi connectivity index (χ4v) is 4.54. The lowest BCUT2D eigenvalue weighted by molar-refractivity contribution is 0.0992. The molecule has 1 amide bonds. The molecule has 6 heteroatoms. The zero-order chi connectivity index (χ0) is 15.0. The van der Waals surface area contributed by atoms with Crippen LogP contribution in [0.2, 0.25) is 5.02 Å². The molecule has 3 rings (SSSR count). The van der Waals surface area contributed by atoms with Crippen molar-refractivity contribution in [1.82, 2.24) is 0 Å². The van der Waals surface area contributed by atoms with Gasteiger partial charge in [0, 0.05) is 10.5 Å². The van der Waals surface area contributed by atoms with E-state index in [1.807, 2.05) is 24.3 Å². The van der Waals surface area contributed by atoms with Gasteiger partial charge in [-0.1, -0.05) is 23.7 Å². The summed E-state index contributed by atoms with van der Waals surface area (Å²) in [6.07, 6.45) is 0. The van der Waals surface area contributed by atoms with Crippen molar-refractivity contribution in [1.29, 1.82) is 0 Å². The van der Waals surface area contributed by atoms with E-state index in [1.165, 1.54) is 0 Å². The minimum absolute atomic E-state index is 0.0464. The average molecular weight is 432 g/mol. The Hall–Kier alpha value is -0.920. The van der Waals surface area contributed by atoms with Gasteiger partial charge < -0.3 is 4.74 Å². The van der Waals surface area contributed by atoms with Gasteiger partial charge in [-0.25, -0.2) is 0 Å². The summed E-state index contributed by atoms with van der Waals surface area (Å²) in [5.74, 6) is 1.18. The first-order valence-corrected chi connectivity index (χ1v) is 8.63. The molecule has 0 bridgehead atoms. The zero-order valence-corrected chi connectivity index (χ0v) is 14.8. The van der Waals surface area contributed by atoms with E-state index in [0.29, 0.717) is 22.2 Å². The molecule has 0 aromatic heterocycles. The maximum absolute atomic E-state index is 12.7. The number of hydrogen-bond donors (Lipinski definition) is 0. The van der Waals surface area contributed by atoms with Gasteiger partial charge in [0.15, 0.2) is 5.75 Å². The van der Waals surface area contributed by atoms with Crippen LogP contribution in [0.25, 0.3) is 0 Å². The molecule has 0 fully saturated rings. The number of halogens is 2. The second-order valence-corrected chi connectivity index (χ2v) is 7.00. The molecule has 0 unspecified atom stereocenters. The van der Waals surface area contributed by atoms with Gasteiger partial charge >= 0.3 is 0 Å². The van der Waals surface area contributed by atoms with E-state index in [2.05, 4.69) is 22.6 Å². The van der Waals surface area contributed by atoms with Crippen LogP contribution < -0.4 is 9.64 Å². The van der Waals surface area contributed by atoms with Crippen molar-refractivity contribution in [2.24, 2.45) is 0 Å². The molecule has 0 N–H and O–H groups in total. The Labute approximate surface area is 145 Å². The molecule has 1 heterocycles. The molecule has 108 valence electrons. The third-order valence-corrected chi connectivity index (χ3v) is 5.33. The highest BCUT2D eigenvalue weighted by Gasteiger charge is 2.26. The summed E-state index contributed by atoms with van der Waals surface area (Å²) in [6.45, 7) is 0. The van der Waals surface area contributed by atoms with Crippen molar-refractivity contribution in [2.45, 2.75) is 4.90 Å². The Bertz CT molecular complexity index is 700. The number of fused-ring (bicyclic) bond motifs is 1. The molecule has 2 aromatic rings. The maximum atomic E-state index is 12.7. The van der Waals surface area contributed by atoms with E-state index in [-0.39, 0.29) is 5.91 Å². The first-order valence-electron chi connectivity index (χ1n) is 6.18. The van der Waals surface area contributed by atoms with Gasteiger partial charge in [0.05, 0.1) is 27.3 Å². The lowest BCUT2D eigenvalue weighted by atomic mass is 10.2. The molecule has 3 nitrogen and oxygen atoms in total. The Morgan fingerprint density at radius 2 is 2.14 bits per heavy atom. The standard InChI is InChI=1S/C15H11ClINO2S/c1-20-14-10(16)6-9(7-11(14)17)15(19)18-8-21-13-5-3-2-4-12(13)18/h2-7H,8H2,1H3. The monoisotopic (exact) mass is 431 g/mol. The molecule has 2 aromatic carbocycles. The molecule has 0 spiro atoms. The Morgan fingerprint density at radius 3 is 2.86 bits per heavy atom. The highest BCUT2D eigenvalue weighted by Crippen LogP contribution is 2.39. The summed E-state index contributed by atoms with van der Waals surface area (Å²) in [5.41, 5.74) is 1.52.